The van der Waals surface area contributed by atoms with E-state index in [1.807, 2.05) is 117 Å². The van der Waals surface area contributed by atoms with Crippen LogP contribution in [0.5, 0.6) is 5.75 Å². The van der Waals surface area contributed by atoms with E-state index in [-0.39, 0.29) is 19.5 Å². The number of hydrogen-bond acceptors (Lipinski definition) is 9. The maximum atomic E-state index is 10.0. The second kappa shape index (κ2) is 24.3. The first-order chi connectivity index (χ1) is 28.9. The number of anilines is 1. The Morgan fingerprint density at radius 3 is 1.47 bits per heavy atom. The van der Waals surface area contributed by atoms with E-state index >= 15 is 0 Å². The summed E-state index contributed by atoms with van der Waals surface area (Å²) in [6.45, 7) is 14.4. The Bertz CT molecular complexity index is 2320. The third kappa shape index (κ3) is 12.9. The molecule has 0 unspecified atom stereocenters. The van der Waals surface area contributed by atoms with E-state index in [1.54, 1.807) is 37.2 Å². The normalized spacial score (nSPS) is 11.7. The molecule has 7 heterocycles. The van der Waals surface area contributed by atoms with Gasteiger partial charge in [0.05, 0.1) is 34.2 Å². The molecule has 1 aliphatic rings. The summed E-state index contributed by atoms with van der Waals surface area (Å²) in [5.74, 6) is 1.32. The molecule has 0 atom stereocenters. The molecule has 0 bridgehead atoms. The van der Waals surface area contributed by atoms with Crippen LogP contribution in [0.1, 0.15) is 57.7 Å². The molecule has 0 aliphatic carbocycles. The minimum atomic E-state index is 0. The van der Waals surface area contributed by atoms with Crippen molar-refractivity contribution in [3.8, 4) is 46.0 Å². The molecule has 8 rings (SSSR count). The number of aromatic nitrogens is 6. The summed E-state index contributed by atoms with van der Waals surface area (Å²) in [6.07, 6.45) is 13.7. The largest absolute Gasteiger partial charge is 0.455 e. The van der Waals surface area contributed by atoms with Gasteiger partial charge in [-0.05, 0) is 135 Å². The summed E-state index contributed by atoms with van der Waals surface area (Å²) in [7, 11) is 0. The summed E-state index contributed by atoms with van der Waals surface area (Å²) in [5.41, 5.74) is 10.7. The van der Waals surface area contributed by atoms with Crippen LogP contribution < -0.4 is 9.64 Å². The van der Waals surface area contributed by atoms with Crippen molar-refractivity contribution in [1.29, 1.82) is 5.26 Å². The fourth-order valence-corrected chi connectivity index (χ4v) is 5.97. The molecule has 0 spiro atoms. The number of fused-ring (bicyclic) bond motifs is 1. The number of allylic oxidation sites excluding steroid dienone is 3. The third-order valence-corrected chi connectivity index (χ3v) is 8.86. The smallest absolute Gasteiger partial charge is 0.146 e. The Morgan fingerprint density at radius 1 is 0.567 bits per heavy atom. The zero-order valence-electron chi connectivity index (χ0n) is 35.0. The van der Waals surface area contributed by atoms with Gasteiger partial charge in [0.1, 0.15) is 23.2 Å². The number of ether oxygens (including phenoxy) is 1. The van der Waals surface area contributed by atoms with E-state index < -0.39 is 0 Å². The van der Waals surface area contributed by atoms with E-state index in [1.165, 1.54) is 6.42 Å². The number of nitriles is 1. The molecule has 0 saturated carbocycles. The van der Waals surface area contributed by atoms with Gasteiger partial charge in [0.15, 0.2) is 0 Å². The Hall–Kier alpha value is -6.69. The van der Waals surface area contributed by atoms with Crippen LogP contribution in [0.2, 0.25) is 0 Å². The van der Waals surface area contributed by atoms with Crippen LogP contribution in [0, 0.1) is 18.3 Å². The van der Waals surface area contributed by atoms with Crippen molar-refractivity contribution in [2.75, 3.05) is 18.0 Å². The number of pyridine rings is 6. The van der Waals surface area contributed by atoms with E-state index in [0.29, 0.717) is 11.3 Å². The second-order valence-corrected chi connectivity index (χ2v) is 13.3. The van der Waals surface area contributed by atoms with Crippen LogP contribution in [-0.4, -0.2) is 43.0 Å². The maximum absolute atomic E-state index is 10.0. The molecular weight excluding hydrogens is 830 g/mol. The van der Waals surface area contributed by atoms with Crippen molar-refractivity contribution in [3.63, 3.8) is 0 Å². The number of aryl methyl sites for hydroxylation is 1. The van der Waals surface area contributed by atoms with E-state index in [2.05, 4.69) is 86.8 Å². The van der Waals surface area contributed by atoms with Gasteiger partial charge in [-0.25, -0.2) is 0 Å². The second-order valence-electron chi connectivity index (χ2n) is 13.3. The van der Waals surface area contributed by atoms with Gasteiger partial charge < -0.3 is 9.64 Å². The van der Waals surface area contributed by atoms with Crippen molar-refractivity contribution < 1.29 is 24.2 Å². The SMILES string of the molecule is CCC.CCN(CC)c1ccc2c(c1)O/C(=C(/C#N)c1ccnc(-c3cc(C)ccn3)c1)C=C2C.[Ru].c1ccc(-c2ccccn2)nc1.c1ccc(-c2ccccn2)nc1. The van der Waals surface area contributed by atoms with Crippen LogP contribution in [0.3, 0.4) is 0 Å². The molecule has 60 heavy (non-hydrogen) atoms. The van der Waals surface area contributed by atoms with Gasteiger partial charge in [-0.15, -0.1) is 0 Å². The minimum Gasteiger partial charge on any atom is -0.455 e. The average Bonchev–Trinajstić information content (AvgIpc) is 3.29. The Labute approximate surface area is 367 Å². The van der Waals surface area contributed by atoms with Crippen LogP contribution >= 0.6 is 0 Å². The van der Waals surface area contributed by atoms with Gasteiger partial charge in [0.25, 0.3) is 0 Å². The fourth-order valence-electron chi connectivity index (χ4n) is 5.97. The number of benzene rings is 1. The van der Waals surface area contributed by atoms with Crippen LogP contribution in [0.25, 0.3) is 45.3 Å². The van der Waals surface area contributed by atoms with Crippen molar-refractivity contribution in [1.82, 2.24) is 29.9 Å². The molecule has 10 heteroatoms. The molecule has 0 amide bonds. The van der Waals surface area contributed by atoms with Crippen LogP contribution in [0.4, 0.5) is 5.69 Å². The summed E-state index contributed by atoms with van der Waals surface area (Å²) in [5, 5.41) is 10.0. The van der Waals surface area contributed by atoms with Gasteiger partial charge in [-0.2, -0.15) is 5.26 Å². The molecule has 7 aromatic rings. The Morgan fingerprint density at radius 2 is 1.03 bits per heavy atom. The molecular formula is C50H50N8ORu. The minimum absolute atomic E-state index is 0. The van der Waals surface area contributed by atoms with Gasteiger partial charge in [-0.3, -0.25) is 29.9 Å². The molecule has 0 fully saturated rings. The molecule has 1 aromatic carbocycles. The first-order valence-electron chi connectivity index (χ1n) is 19.8. The molecule has 6 aromatic heterocycles. The quantitative estimate of drug-likeness (QED) is 0.114. The number of nitrogens with zero attached hydrogens (tertiary/aromatic N) is 8. The first kappa shape index (κ1) is 46.0. The molecule has 0 N–H and O–H groups in total. The van der Waals surface area contributed by atoms with Gasteiger partial charge in [-0.1, -0.05) is 44.5 Å². The van der Waals surface area contributed by atoms with E-state index in [0.717, 1.165) is 81.0 Å². The van der Waals surface area contributed by atoms with Crippen LogP contribution in [-0.2, 0) is 19.5 Å². The van der Waals surface area contributed by atoms with Crippen molar-refractivity contribution in [2.45, 2.75) is 48.0 Å². The molecule has 1 aliphatic heterocycles. The number of rotatable bonds is 7. The molecule has 0 radical (unpaired) electrons. The zero-order chi connectivity index (χ0) is 41.8. The molecule has 304 valence electrons. The van der Waals surface area contributed by atoms with Crippen molar-refractivity contribution in [2.24, 2.45) is 0 Å². The van der Waals surface area contributed by atoms with Gasteiger partial charge in [0, 0.05) is 87.1 Å². The Balaban J connectivity index is 0.000000230. The van der Waals surface area contributed by atoms with Crippen molar-refractivity contribution >= 4 is 16.8 Å². The van der Waals surface area contributed by atoms with Crippen molar-refractivity contribution in [3.05, 3.63) is 181 Å². The van der Waals surface area contributed by atoms with E-state index in [9.17, 15) is 5.26 Å². The monoisotopic (exact) mass is 880 g/mol. The van der Waals surface area contributed by atoms with Gasteiger partial charge >= 0.3 is 0 Å². The van der Waals surface area contributed by atoms with Gasteiger partial charge in [0.2, 0.25) is 0 Å². The summed E-state index contributed by atoms with van der Waals surface area (Å²) >= 11 is 0. The standard InChI is InChI=1S/C27H26N4O.2C10H8N2.C3H8.Ru/c1-5-31(6-2)21-7-8-22-19(4)14-26(32-27(22)16-21)23(17-28)20-10-12-30-25(15-20)24-13-18(3)9-11-29-24;2*1-3-7-11-9(5-1)10-6-2-4-8-12-10;1-3-2;/h7-16H,5-6H2,1-4H3;2*1-8H;3H2,1-2H3;/b26-23-;;;;. The molecule has 9 nitrogen and oxygen atoms in total. The fraction of sp³-hybridized carbons (Fsp3) is 0.180. The maximum Gasteiger partial charge on any atom is 0.146 e. The third-order valence-electron chi connectivity index (χ3n) is 8.86. The summed E-state index contributed by atoms with van der Waals surface area (Å²) < 4.78 is 6.27. The predicted molar refractivity (Wildman–Crippen MR) is 240 cm³/mol. The topological polar surface area (TPSA) is 114 Å². The zero-order valence-corrected chi connectivity index (χ0v) is 36.7. The summed E-state index contributed by atoms with van der Waals surface area (Å²) in [6, 6.07) is 39.5. The Kier molecular flexibility index (Phi) is 18.6. The van der Waals surface area contributed by atoms with E-state index in [4.69, 9.17) is 4.74 Å². The first-order valence-corrected chi connectivity index (χ1v) is 19.8. The van der Waals surface area contributed by atoms with Crippen LogP contribution in [0.15, 0.2) is 164 Å². The average molecular weight is 880 g/mol. The molecule has 0 saturated heterocycles. The number of hydrogen-bond donors (Lipinski definition) is 0. The predicted octanol–water partition coefficient (Wildman–Crippen LogP) is 11.7. The summed E-state index contributed by atoms with van der Waals surface area (Å²) in [4.78, 5) is 27.9.